The molecule has 0 aliphatic carbocycles. The molecule has 0 aromatic carbocycles. The minimum Gasteiger partial charge on any atom is -0.298 e. The van der Waals surface area contributed by atoms with Crippen LogP contribution in [0.5, 0.6) is 0 Å². The standard InChI is InChI=1S/C10H17N/c1-4-5-6-8-11-9-7-10(11,2)3/h1H,5-9H2,2-3H3. The number of terminal acetylenes is 1. The van der Waals surface area contributed by atoms with Crippen molar-refractivity contribution in [1.29, 1.82) is 0 Å². The maximum Gasteiger partial charge on any atom is 0.0165 e. The zero-order chi connectivity index (χ0) is 8.32. The number of unbranched alkanes of at least 4 members (excludes halogenated alkanes) is 1. The molecule has 0 atom stereocenters. The van der Waals surface area contributed by atoms with Gasteiger partial charge in [0, 0.05) is 18.5 Å². The van der Waals surface area contributed by atoms with Gasteiger partial charge in [0.05, 0.1) is 0 Å². The molecule has 0 bridgehead atoms. The molecule has 1 nitrogen and oxygen atoms in total. The second-order valence-electron chi connectivity index (χ2n) is 3.86. The van der Waals surface area contributed by atoms with Crippen LogP contribution in [0.4, 0.5) is 0 Å². The lowest BCUT2D eigenvalue weighted by Gasteiger charge is -2.48. The molecule has 0 unspecified atom stereocenters. The molecule has 0 radical (unpaired) electrons. The highest BCUT2D eigenvalue weighted by Crippen LogP contribution is 2.29. The van der Waals surface area contributed by atoms with Crippen molar-refractivity contribution in [2.75, 3.05) is 13.1 Å². The van der Waals surface area contributed by atoms with Crippen LogP contribution >= 0.6 is 0 Å². The van der Waals surface area contributed by atoms with E-state index in [2.05, 4.69) is 24.7 Å². The summed E-state index contributed by atoms with van der Waals surface area (Å²) < 4.78 is 0. The van der Waals surface area contributed by atoms with E-state index >= 15 is 0 Å². The molecule has 1 heterocycles. The second kappa shape index (κ2) is 3.28. The van der Waals surface area contributed by atoms with Crippen LogP contribution in [0.3, 0.4) is 0 Å². The molecule has 0 spiro atoms. The molecule has 1 aliphatic heterocycles. The van der Waals surface area contributed by atoms with Crippen LogP contribution in [-0.2, 0) is 0 Å². The predicted octanol–water partition coefficient (Wildman–Crippen LogP) is 1.88. The molecule has 62 valence electrons. The molecule has 0 saturated carbocycles. The third-order valence-corrected chi connectivity index (χ3v) is 2.60. The Morgan fingerprint density at radius 2 is 2.27 bits per heavy atom. The van der Waals surface area contributed by atoms with Gasteiger partial charge in [-0.3, -0.25) is 4.90 Å². The molecular formula is C10H17N. The van der Waals surface area contributed by atoms with Crippen molar-refractivity contribution in [3.8, 4) is 12.3 Å². The Morgan fingerprint density at radius 1 is 1.55 bits per heavy atom. The molecule has 1 heteroatoms. The summed E-state index contributed by atoms with van der Waals surface area (Å²) in [5.41, 5.74) is 0.453. The molecule has 0 N–H and O–H groups in total. The molecular weight excluding hydrogens is 134 g/mol. The number of nitrogens with zero attached hydrogens (tertiary/aromatic N) is 1. The SMILES string of the molecule is C#CCCCN1CCC1(C)C. The van der Waals surface area contributed by atoms with Crippen LogP contribution < -0.4 is 0 Å². The molecule has 1 rings (SSSR count). The van der Waals surface area contributed by atoms with Gasteiger partial charge in [0.2, 0.25) is 0 Å². The molecule has 1 aliphatic rings. The zero-order valence-electron chi connectivity index (χ0n) is 7.56. The van der Waals surface area contributed by atoms with E-state index in [4.69, 9.17) is 6.42 Å². The minimum atomic E-state index is 0.453. The van der Waals surface area contributed by atoms with Crippen molar-refractivity contribution in [1.82, 2.24) is 4.90 Å². The van der Waals surface area contributed by atoms with E-state index in [1.807, 2.05) is 0 Å². The maximum absolute atomic E-state index is 5.17. The maximum atomic E-state index is 5.17. The van der Waals surface area contributed by atoms with Gasteiger partial charge in [0.1, 0.15) is 0 Å². The Kier molecular flexibility index (Phi) is 2.57. The largest absolute Gasteiger partial charge is 0.298 e. The average molecular weight is 151 g/mol. The highest BCUT2D eigenvalue weighted by molar-refractivity contribution is 4.92. The Balaban J connectivity index is 2.14. The Hall–Kier alpha value is -0.480. The number of rotatable bonds is 3. The van der Waals surface area contributed by atoms with E-state index in [1.54, 1.807) is 0 Å². The number of hydrogen-bond donors (Lipinski definition) is 0. The lowest BCUT2D eigenvalue weighted by molar-refractivity contribution is 0.0156. The van der Waals surface area contributed by atoms with Crippen LogP contribution in [0.2, 0.25) is 0 Å². The van der Waals surface area contributed by atoms with E-state index < -0.39 is 0 Å². The summed E-state index contributed by atoms with van der Waals surface area (Å²) in [4.78, 5) is 2.50. The van der Waals surface area contributed by atoms with E-state index in [0.717, 1.165) is 12.8 Å². The first-order chi connectivity index (χ1) is 5.17. The van der Waals surface area contributed by atoms with Gasteiger partial charge >= 0.3 is 0 Å². The van der Waals surface area contributed by atoms with Crippen LogP contribution in [0.25, 0.3) is 0 Å². The summed E-state index contributed by atoms with van der Waals surface area (Å²) >= 11 is 0. The first kappa shape index (κ1) is 8.62. The van der Waals surface area contributed by atoms with Crippen molar-refractivity contribution >= 4 is 0 Å². The van der Waals surface area contributed by atoms with Crippen LogP contribution in [0.1, 0.15) is 33.1 Å². The predicted molar refractivity (Wildman–Crippen MR) is 48.3 cm³/mol. The van der Waals surface area contributed by atoms with Crippen molar-refractivity contribution in [2.24, 2.45) is 0 Å². The molecule has 1 fully saturated rings. The monoisotopic (exact) mass is 151 g/mol. The van der Waals surface area contributed by atoms with Crippen LogP contribution in [0.15, 0.2) is 0 Å². The lowest BCUT2D eigenvalue weighted by atomic mass is 9.89. The fourth-order valence-corrected chi connectivity index (χ4v) is 1.50. The number of likely N-dealkylation sites (tertiary alicyclic amines) is 1. The minimum absolute atomic E-state index is 0.453. The molecule has 1 saturated heterocycles. The van der Waals surface area contributed by atoms with E-state index in [0.29, 0.717) is 5.54 Å². The summed E-state index contributed by atoms with van der Waals surface area (Å²) in [6.07, 6.45) is 8.59. The summed E-state index contributed by atoms with van der Waals surface area (Å²) in [6, 6.07) is 0. The summed E-state index contributed by atoms with van der Waals surface area (Å²) in [5.74, 6) is 2.67. The highest BCUT2D eigenvalue weighted by Gasteiger charge is 2.34. The van der Waals surface area contributed by atoms with E-state index in [-0.39, 0.29) is 0 Å². The third kappa shape index (κ3) is 1.97. The Bertz CT molecular complexity index is 164. The quantitative estimate of drug-likeness (QED) is 0.440. The number of hydrogen-bond acceptors (Lipinski definition) is 1. The van der Waals surface area contributed by atoms with Gasteiger partial charge in [-0.15, -0.1) is 12.3 Å². The van der Waals surface area contributed by atoms with E-state index in [1.165, 1.54) is 19.5 Å². The molecule has 0 aromatic rings. The first-order valence-corrected chi connectivity index (χ1v) is 4.35. The third-order valence-electron chi connectivity index (χ3n) is 2.60. The van der Waals surface area contributed by atoms with Crippen LogP contribution in [-0.4, -0.2) is 23.5 Å². The fourth-order valence-electron chi connectivity index (χ4n) is 1.50. The summed E-state index contributed by atoms with van der Waals surface area (Å²) in [6.45, 7) is 7.04. The van der Waals surface area contributed by atoms with Gasteiger partial charge < -0.3 is 0 Å². The van der Waals surface area contributed by atoms with Crippen molar-refractivity contribution in [2.45, 2.75) is 38.6 Å². The van der Waals surface area contributed by atoms with E-state index in [9.17, 15) is 0 Å². The molecule has 11 heavy (non-hydrogen) atoms. The van der Waals surface area contributed by atoms with Gasteiger partial charge in [-0.2, -0.15) is 0 Å². The highest BCUT2D eigenvalue weighted by atomic mass is 15.2. The zero-order valence-corrected chi connectivity index (χ0v) is 7.56. The topological polar surface area (TPSA) is 3.24 Å². The van der Waals surface area contributed by atoms with Gasteiger partial charge in [-0.25, -0.2) is 0 Å². The van der Waals surface area contributed by atoms with Gasteiger partial charge in [0.15, 0.2) is 0 Å². The first-order valence-electron chi connectivity index (χ1n) is 4.35. The average Bonchev–Trinajstić information content (AvgIpc) is 1.96. The van der Waals surface area contributed by atoms with Crippen molar-refractivity contribution in [3.63, 3.8) is 0 Å². The molecule has 0 aromatic heterocycles. The lowest BCUT2D eigenvalue weighted by Crippen LogP contribution is -2.55. The van der Waals surface area contributed by atoms with Crippen molar-refractivity contribution < 1.29 is 0 Å². The van der Waals surface area contributed by atoms with Crippen molar-refractivity contribution in [3.05, 3.63) is 0 Å². The van der Waals surface area contributed by atoms with Gasteiger partial charge in [-0.05, 0) is 33.2 Å². The summed E-state index contributed by atoms with van der Waals surface area (Å²) in [7, 11) is 0. The normalized spacial score (nSPS) is 22.3. The molecule has 0 amide bonds. The summed E-state index contributed by atoms with van der Waals surface area (Å²) in [5, 5.41) is 0. The van der Waals surface area contributed by atoms with Gasteiger partial charge in [0.25, 0.3) is 0 Å². The van der Waals surface area contributed by atoms with Gasteiger partial charge in [-0.1, -0.05) is 0 Å². The Labute approximate surface area is 69.8 Å². The second-order valence-corrected chi connectivity index (χ2v) is 3.86. The fraction of sp³-hybridized carbons (Fsp3) is 0.800. The van der Waals surface area contributed by atoms with Crippen LogP contribution in [0, 0.1) is 12.3 Å². The smallest absolute Gasteiger partial charge is 0.0165 e. The Morgan fingerprint density at radius 3 is 2.64 bits per heavy atom.